The van der Waals surface area contributed by atoms with Crippen molar-refractivity contribution in [2.45, 2.75) is 19.4 Å². The van der Waals surface area contributed by atoms with Gasteiger partial charge >= 0.3 is 0 Å². The number of furan rings is 1. The Morgan fingerprint density at radius 2 is 2.07 bits per heavy atom. The third-order valence-electron chi connectivity index (χ3n) is 3.40. The zero-order valence-corrected chi connectivity index (χ0v) is 18.8. The molecule has 2 rings (SSSR count). The lowest BCUT2D eigenvalue weighted by atomic mass is 10.3. The largest absolute Gasteiger partial charge is 0.489 e. The molecule has 0 aliphatic carbocycles. The lowest BCUT2D eigenvalue weighted by Crippen LogP contribution is -2.39. The van der Waals surface area contributed by atoms with Crippen molar-refractivity contribution in [3.8, 4) is 5.75 Å². The van der Waals surface area contributed by atoms with Gasteiger partial charge in [0.05, 0.1) is 17.8 Å². The Labute approximate surface area is 186 Å². The molecule has 2 aromatic rings. The maximum atomic E-state index is 10.1. The van der Waals surface area contributed by atoms with Gasteiger partial charge in [0, 0.05) is 19.5 Å². The molecule has 1 aromatic carbocycles. The van der Waals surface area contributed by atoms with Crippen LogP contribution in [0.1, 0.15) is 12.7 Å². The number of ether oxygens (including phenoxy) is 1. The van der Waals surface area contributed by atoms with Crippen LogP contribution < -0.4 is 15.4 Å². The van der Waals surface area contributed by atoms with Gasteiger partial charge < -0.3 is 24.9 Å². The summed E-state index contributed by atoms with van der Waals surface area (Å²) in [5.41, 5.74) is 0. The fraction of sp³-hybridized carbons (Fsp3) is 0.389. The number of hydrogen-bond acceptors (Lipinski definition) is 4. The number of nitrogens with one attached hydrogen (secondary N) is 2. The number of hydrogen-bond donors (Lipinski definition) is 3. The number of rotatable bonds is 9. The molecule has 0 aliphatic heterocycles. The summed E-state index contributed by atoms with van der Waals surface area (Å²) in [7, 11) is 0. The van der Waals surface area contributed by atoms with Gasteiger partial charge in [0.2, 0.25) is 0 Å². The predicted molar refractivity (Wildman–Crippen MR) is 120 cm³/mol. The minimum atomic E-state index is -0.773. The van der Waals surface area contributed by atoms with Crippen molar-refractivity contribution in [1.29, 1.82) is 0 Å². The molecule has 0 spiro atoms. The molecule has 0 amide bonds. The molecule has 1 heterocycles. The van der Waals surface area contributed by atoms with E-state index in [1.165, 1.54) is 0 Å². The van der Waals surface area contributed by atoms with E-state index in [-0.39, 0.29) is 37.1 Å². The molecule has 0 saturated carbocycles. The molecule has 0 bridgehead atoms. The van der Waals surface area contributed by atoms with Crippen molar-refractivity contribution in [2.75, 3.05) is 26.2 Å². The van der Waals surface area contributed by atoms with Crippen LogP contribution in [0.15, 0.2) is 46.0 Å². The molecule has 27 heavy (non-hydrogen) atoms. The maximum Gasteiger partial charge on any atom is 0.191 e. The molecule has 150 valence electrons. The van der Waals surface area contributed by atoms with Gasteiger partial charge in [-0.15, -0.1) is 24.0 Å². The summed E-state index contributed by atoms with van der Waals surface area (Å²) in [4.78, 5) is 4.36. The van der Waals surface area contributed by atoms with E-state index in [2.05, 4.69) is 15.6 Å². The topological polar surface area (TPSA) is 79.0 Å². The highest BCUT2D eigenvalue weighted by Gasteiger charge is 2.09. The number of aliphatic hydroxyl groups excluding tert-OH is 1. The van der Waals surface area contributed by atoms with Gasteiger partial charge in [-0.05, 0) is 31.2 Å². The van der Waals surface area contributed by atoms with E-state index in [1.54, 1.807) is 24.5 Å². The third-order valence-corrected chi connectivity index (χ3v) is 4.20. The smallest absolute Gasteiger partial charge is 0.191 e. The van der Waals surface area contributed by atoms with Crippen molar-refractivity contribution in [3.05, 3.63) is 52.4 Å². The summed E-state index contributed by atoms with van der Waals surface area (Å²) in [6.45, 7) is 3.62. The summed E-state index contributed by atoms with van der Waals surface area (Å²) >= 11 is 12.0. The quantitative estimate of drug-likeness (QED) is 0.263. The van der Waals surface area contributed by atoms with Gasteiger partial charge in [0.25, 0.3) is 0 Å². The first-order valence-corrected chi connectivity index (χ1v) is 9.15. The van der Waals surface area contributed by atoms with E-state index in [1.807, 2.05) is 19.1 Å². The molecular weight excluding hydrogens is 504 g/mol. The van der Waals surface area contributed by atoms with Crippen LogP contribution in [0.4, 0.5) is 0 Å². The summed E-state index contributed by atoms with van der Waals surface area (Å²) in [6, 6.07) is 8.89. The van der Waals surface area contributed by atoms with Gasteiger partial charge in [0.1, 0.15) is 29.2 Å². The van der Waals surface area contributed by atoms with Gasteiger partial charge in [-0.1, -0.05) is 29.3 Å². The normalized spacial score (nSPS) is 12.2. The first-order valence-electron chi connectivity index (χ1n) is 8.39. The number of guanidine groups is 1. The molecule has 1 atom stereocenters. The lowest BCUT2D eigenvalue weighted by Gasteiger charge is -2.14. The Morgan fingerprint density at radius 3 is 2.78 bits per heavy atom. The second-order valence-electron chi connectivity index (χ2n) is 5.49. The Morgan fingerprint density at radius 1 is 1.26 bits per heavy atom. The third kappa shape index (κ3) is 8.59. The standard InChI is InChI=1S/C18H23Cl2N3O3.HI/c1-2-21-18(22-9-8-14-5-4-10-25-14)23-11-13(24)12-26-16-7-3-6-15(19)17(16)20;/h3-7,10,13,24H,2,8-9,11-12H2,1H3,(H2,21,22,23);1H. The summed E-state index contributed by atoms with van der Waals surface area (Å²) < 4.78 is 10.8. The highest BCUT2D eigenvalue weighted by molar-refractivity contribution is 14.0. The first kappa shape index (κ1) is 23.9. The van der Waals surface area contributed by atoms with Crippen LogP contribution in [0.25, 0.3) is 0 Å². The Hall–Kier alpha value is -1.16. The SMILES string of the molecule is CCNC(=NCC(O)COc1cccc(Cl)c1Cl)NCCc1ccco1.I. The van der Waals surface area contributed by atoms with E-state index in [0.717, 1.165) is 18.7 Å². The highest BCUT2D eigenvalue weighted by Crippen LogP contribution is 2.31. The molecule has 6 nitrogen and oxygen atoms in total. The van der Waals surface area contributed by atoms with Gasteiger partial charge in [-0.25, -0.2) is 0 Å². The van der Waals surface area contributed by atoms with E-state index in [0.29, 0.717) is 28.3 Å². The average molecular weight is 528 g/mol. The second-order valence-corrected chi connectivity index (χ2v) is 6.28. The van der Waals surface area contributed by atoms with Crippen molar-refractivity contribution in [1.82, 2.24) is 10.6 Å². The molecular formula is C18H24Cl2IN3O3. The lowest BCUT2D eigenvalue weighted by molar-refractivity contribution is 0.114. The molecule has 0 aliphatic rings. The number of nitrogens with zero attached hydrogens (tertiary/aromatic N) is 1. The minimum absolute atomic E-state index is 0. The molecule has 1 unspecified atom stereocenters. The Balaban J connectivity index is 0.00000364. The van der Waals surface area contributed by atoms with Crippen molar-refractivity contribution >= 4 is 53.1 Å². The molecule has 0 saturated heterocycles. The van der Waals surface area contributed by atoms with Gasteiger partial charge in [0.15, 0.2) is 5.96 Å². The molecule has 0 fully saturated rings. The fourth-order valence-corrected chi connectivity index (χ4v) is 2.48. The molecule has 1 aromatic heterocycles. The minimum Gasteiger partial charge on any atom is -0.489 e. The Kier molecular flexibility index (Phi) is 11.6. The monoisotopic (exact) mass is 527 g/mol. The average Bonchev–Trinajstić information content (AvgIpc) is 3.14. The number of aliphatic imine (C=N–C) groups is 1. The van der Waals surface area contributed by atoms with E-state index >= 15 is 0 Å². The van der Waals surface area contributed by atoms with E-state index in [9.17, 15) is 5.11 Å². The van der Waals surface area contributed by atoms with Crippen LogP contribution >= 0.6 is 47.2 Å². The Bertz CT molecular complexity index is 699. The van der Waals surface area contributed by atoms with Gasteiger partial charge in [-0.2, -0.15) is 0 Å². The van der Waals surface area contributed by atoms with E-state index < -0.39 is 6.10 Å². The van der Waals surface area contributed by atoms with Crippen LogP contribution in [0.5, 0.6) is 5.75 Å². The molecule has 9 heteroatoms. The zero-order chi connectivity index (χ0) is 18.8. The molecule has 3 N–H and O–H groups in total. The van der Waals surface area contributed by atoms with Crippen molar-refractivity contribution in [3.63, 3.8) is 0 Å². The van der Waals surface area contributed by atoms with Crippen LogP contribution in [-0.4, -0.2) is 43.4 Å². The number of halogens is 3. The second kappa shape index (κ2) is 13.1. The fourth-order valence-electron chi connectivity index (χ4n) is 2.13. The molecule has 0 radical (unpaired) electrons. The summed E-state index contributed by atoms with van der Waals surface area (Å²) in [6.07, 6.45) is 1.62. The highest BCUT2D eigenvalue weighted by atomic mass is 127. The van der Waals surface area contributed by atoms with Crippen molar-refractivity contribution in [2.24, 2.45) is 4.99 Å². The number of aliphatic hydroxyl groups is 1. The van der Waals surface area contributed by atoms with E-state index in [4.69, 9.17) is 32.4 Å². The van der Waals surface area contributed by atoms with Crippen LogP contribution in [-0.2, 0) is 6.42 Å². The van der Waals surface area contributed by atoms with Crippen molar-refractivity contribution < 1.29 is 14.3 Å². The van der Waals surface area contributed by atoms with Gasteiger partial charge in [-0.3, -0.25) is 4.99 Å². The summed E-state index contributed by atoms with van der Waals surface area (Å²) in [5, 5.41) is 17.1. The van der Waals surface area contributed by atoms with Crippen LogP contribution in [0, 0.1) is 0 Å². The van der Waals surface area contributed by atoms with Crippen LogP contribution in [0.3, 0.4) is 0 Å². The first-order chi connectivity index (χ1) is 12.6. The number of benzene rings is 1. The summed E-state index contributed by atoms with van der Waals surface area (Å²) in [5.74, 6) is 1.96. The van der Waals surface area contributed by atoms with Crippen LogP contribution in [0.2, 0.25) is 10.0 Å². The maximum absolute atomic E-state index is 10.1. The predicted octanol–water partition coefficient (Wildman–Crippen LogP) is 3.74. The zero-order valence-electron chi connectivity index (χ0n) is 15.0.